The van der Waals surface area contributed by atoms with Crippen molar-refractivity contribution in [3.05, 3.63) is 0 Å². The number of carbonyl (C=O) groups excluding carboxylic acids is 1. The lowest BCUT2D eigenvalue weighted by molar-refractivity contribution is -0.140. The number of hydrogen-bond donors (Lipinski definition) is 3. The van der Waals surface area contributed by atoms with Crippen LogP contribution in [0.2, 0.25) is 0 Å². The molecule has 0 saturated heterocycles. The summed E-state index contributed by atoms with van der Waals surface area (Å²) in [5.41, 5.74) is 0. The second-order valence-electron chi connectivity index (χ2n) is 5.07. The Morgan fingerprint density at radius 2 is 2.06 bits per heavy atom. The molecule has 0 heterocycles. The summed E-state index contributed by atoms with van der Waals surface area (Å²) in [4.78, 5) is 22.5. The molecule has 0 spiro atoms. The van der Waals surface area contributed by atoms with Gasteiger partial charge in [-0.25, -0.2) is 9.59 Å². The topological polar surface area (TPSA) is 78.4 Å². The van der Waals surface area contributed by atoms with Crippen LogP contribution in [0, 0.1) is 11.8 Å². The first kappa shape index (κ1) is 13.8. The number of hydrogen-bond acceptors (Lipinski definition) is 2. The Hall–Kier alpha value is -1.26. The maximum Gasteiger partial charge on any atom is 0.326 e. The van der Waals surface area contributed by atoms with E-state index in [-0.39, 0.29) is 18.0 Å². The molecule has 3 atom stereocenters. The van der Waals surface area contributed by atoms with E-state index in [4.69, 9.17) is 5.11 Å². The summed E-state index contributed by atoms with van der Waals surface area (Å²) < 4.78 is 0. The van der Waals surface area contributed by atoms with Gasteiger partial charge in [0.2, 0.25) is 0 Å². The zero-order valence-corrected chi connectivity index (χ0v) is 10.7. The molecule has 1 rings (SSSR count). The first-order chi connectivity index (χ1) is 7.95. The van der Waals surface area contributed by atoms with Crippen LogP contribution < -0.4 is 10.6 Å². The normalized spacial score (nSPS) is 24.2. The van der Waals surface area contributed by atoms with E-state index < -0.39 is 12.0 Å². The first-order valence-electron chi connectivity index (χ1n) is 6.25. The highest BCUT2D eigenvalue weighted by molar-refractivity contribution is 5.83. The third kappa shape index (κ3) is 4.24. The van der Waals surface area contributed by atoms with E-state index >= 15 is 0 Å². The summed E-state index contributed by atoms with van der Waals surface area (Å²) in [5.74, 6) is -0.534. The zero-order chi connectivity index (χ0) is 13.0. The lowest BCUT2D eigenvalue weighted by atomic mass is 10.1. The van der Waals surface area contributed by atoms with Gasteiger partial charge in [-0.2, -0.15) is 0 Å². The fraction of sp³-hybridized carbons (Fsp3) is 0.833. The molecule has 5 heteroatoms. The second kappa shape index (κ2) is 5.89. The van der Waals surface area contributed by atoms with Crippen molar-refractivity contribution in [1.82, 2.24) is 10.6 Å². The molecule has 1 aliphatic rings. The van der Waals surface area contributed by atoms with Gasteiger partial charge in [0, 0.05) is 6.04 Å². The van der Waals surface area contributed by atoms with Crippen molar-refractivity contribution < 1.29 is 14.7 Å². The van der Waals surface area contributed by atoms with Crippen molar-refractivity contribution in [1.29, 1.82) is 0 Å². The fourth-order valence-electron chi connectivity index (χ4n) is 1.98. The van der Waals surface area contributed by atoms with Crippen molar-refractivity contribution in [2.75, 3.05) is 0 Å². The molecular weight excluding hydrogens is 220 g/mol. The molecule has 0 aromatic rings. The molecule has 0 aliphatic heterocycles. The molecule has 98 valence electrons. The minimum Gasteiger partial charge on any atom is -0.480 e. The lowest BCUT2D eigenvalue weighted by Gasteiger charge is -2.18. The maximum atomic E-state index is 11.6. The van der Waals surface area contributed by atoms with E-state index in [9.17, 15) is 9.59 Å². The Bertz CT molecular complexity index is 291. The third-order valence-corrected chi connectivity index (χ3v) is 3.12. The van der Waals surface area contributed by atoms with Crippen molar-refractivity contribution >= 4 is 12.0 Å². The molecular formula is C12H22N2O3. The molecule has 0 aromatic carbocycles. The Morgan fingerprint density at radius 3 is 2.53 bits per heavy atom. The number of rotatable bonds is 6. The van der Waals surface area contributed by atoms with Gasteiger partial charge in [-0.15, -0.1) is 0 Å². The van der Waals surface area contributed by atoms with Crippen LogP contribution in [-0.2, 0) is 4.79 Å². The van der Waals surface area contributed by atoms with Gasteiger partial charge in [-0.3, -0.25) is 0 Å². The molecule has 0 bridgehead atoms. The molecule has 2 amide bonds. The van der Waals surface area contributed by atoms with E-state index in [1.807, 2.05) is 0 Å². The third-order valence-electron chi connectivity index (χ3n) is 3.12. The highest BCUT2D eigenvalue weighted by atomic mass is 16.4. The predicted molar refractivity (Wildman–Crippen MR) is 64.7 cm³/mol. The molecule has 17 heavy (non-hydrogen) atoms. The van der Waals surface area contributed by atoms with Gasteiger partial charge in [0.05, 0.1) is 0 Å². The molecule has 1 saturated carbocycles. The van der Waals surface area contributed by atoms with E-state index in [1.165, 1.54) is 0 Å². The summed E-state index contributed by atoms with van der Waals surface area (Å²) in [6, 6.07) is -0.954. The summed E-state index contributed by atoms with van der Waals surface area (Å²) in [7, 11) is 0. The van der Waals surface area contributed by atoms with Crippen LogP contribution in [0.5, 0.6) is 0 Å². The molecule has 1 aliphatic carbocycles. The quantitative estimate of drug-likeness (QED) is 0.661. The SMILES string of the molecule is CCCC1CC1NC(=O)N[C@@H](C(=O)O)C(C)C. The number of carbonyl (C=O) groups is 2. The summed E-state index contributed by atoms with van der Waals surface area (Å²) in [6.07, 6.45) is 3.26. The Balaban J connectivity index is 2.32. The highest BCUT2D eigenvalue weighted by Crippen LogP contribution is 2.34. The van der Waals surface area contributed by atoms with Gasteiger partial charge < -0.3 is 15.7 Å². The van der Waals surface area contributed by atoms with Gasteiger partial charge in [0.15, 0.2) is 0 Å². The van der Waals surface area contributed by atoms with Crippen LogP contribution in [0.15, 0.2) is 0 Å². The number of carboxylic acids is 1. The minimum atomic E-state index is -0.990. The summed E-state index contributed by atoms with van der Waals surface area (Å²) in [6.45, 7) is 5.67. The maximum absolute atomic E-state index is 11.6. The molecule has 2 unspecified atom stereocenters. The van der Waals surface area contributed by atoms with Gasteiger partial charge in [0.1, 0.15) is 6.04 Å². The van der Waals surface area contributed by atoms with E-state index in [2.05, 4.69) is 17.6 Å². The lowest BCUT2D eigenvalue weighted by Crippen LogP contribution is -2.49. The van der Waals surface area contributed by atoms with Crippen LogP contribution >= 0.6 is 0 Å². The number of urea groups is 1. The van der Waals surface area contributed by atoms with Crippen molar-refractivity contribution in [2.45, 2.75) is 52.1 Å². The van der Waals surface area contributed by atoms with Crippen molar-refractivity contribution in [3.63, 3.8) is 0 Å². The average molecular weight is 242 g/mol. The largest absolute Gasteiger partial charge is 0.480 e. The molecule has 0 aromatic heterocycles. The number of nitrogens with one attached hydrogen (secondary N) is 2. The van der Waals surface area contributed by atoms with Crippen molar-refractivity contribution in [2.24, 2.45) is 11.8 Å². The van der Waals surface area contributed by atoms with Crippen LogP contribution in [0.3, 0.4) is 0 Å². The van der Waals surface area contributed by atoms with Crippen LogP contribution in [0.4, 0.5) is 4.79 Å². The second-order valence-corrected chi connectivity index (χ2v) is 5.07. The number of amides is 2. The van der Waals surface area contributed by atoms with Gasteiger partial charge in [-0.05, 0) is 24.7 Å². The van der Waals surface area contributed by atoms with Gasteiger partial charge in [0.25, 0.3) is 0 Å². The van der Waals surface area contributed by atoms with Crippen molar-refractivity contribution in [3.8, 4) is 0 Å². The average Bonchev–Trinajstić information content (AvgIpc) is 2.92. The number of aliphatic carboxylic acids is 1. The van der Waals surface area contributed by atoms with E-state index in [0.29, 0.717) is 5.92 Å². The molecule has 0 radical (unpaired) electrons. The Morgan fingerprint density at radius 1 is 1.41 bits per heavy atom. The molecule has 3 N–H and O–H groups in total. The van der Waals surface area contributed by atoms with Gasteiger partial charge >= 0.3 is 12.0 Å². The molecule has 5 nitrogen and oxygen atoms in total. The first-order valence-corrected chi connectivity index (χ1v) is 6.25. The monoisotopic (exact) mass is 242 g/mol. The fourth-order valence-corrected chi connectivity index (χ4v) is 1.98. The van der Waals surface area contributed by atoms with Crippen LogP contribution in [0.25, 0.3) is 0 Å². The smallest absolute Gasteiger partial charge is 0.326 e. The molecule has 1 fully saturated rings. The van der Waals surface area contributed by atoms with Crippen LogP contribution in [0.1, 0.15) is 40.0 Å². The Labute approximate surface area is 102 Å². The van der Waals surface area contributed by atoms with E-state index in [0.717, 1.165) is 19.3 Å². The Kier molecular flexibility index (Phi) is 4.78. The minimum absolute atomic E-state index is 0.121. The number of carboxylic acid groups (broad SMARTS) is 1. The predicted octanol–water partition coefficient (Wildman–Crippen LogP) is 1.58. The standard InChI is InChI=1S/C12H22N2O3/c1-4-5-8-6-9(8)13-12(17)14-10(7(2)3)11(15)16/h7-10H,4-6H2,1-3H3,(H,15,16)(H2,13,14,17)/t8?,9?,10-/m1/s1. The van der Waals surface area contributed by atoms with Gasteiger partial charge in [-0.1, -0.05) is 27.2 Å². The summed E-state index contributed by atoms with van der Waals surface area (Å²) >= 11 is 0. The summed E-state index contributed by atoms with van der Waals surface area (Å²) in [5, 5.41) is 14.3. The zero-order valence-electron chi connectivity index (χ0n) is 10.7. The highest BCUT2D eigenvalue weighted by Gasteiger charge is 2.37. The van der Waals surface area contributed by atoms with E-state index in [1.54, 1.807) is 13.8 Å². The van der Waals surface area contributed by atoms with Crippen LogP contribution in [-0.4, -0.2) is 29.2 Å².